The summed E-state index contributed by atoms with van der Waals surface area (Å²) >= 11 is 0. The van der Waals surface area contributed by atoms with Crippen LogP contribution in [0.15, 0.2) is 29.1 Å². The van der Waals surface area contributed by atoms with Gasteiger partial charge in [-0.3, -0.25) is 9.69 Å². The van der Waals surface area contributed by atoms with Gasteiger partial charge in [-0.1, -0.05) is 19.3 Å². The van der Waals surface area contributed by atoms with Gasteiger partial charge in [0.05, 0.1) is 25.8 Å². The van der Waals surface area contributed by atoms with E-state index in [1.54, 1.807) is 0 Å². The van der Waals surface area contributed by atoms with Crippen LogP contribution in [0.1, 0.15) is 56.5 Å². The van der Waals surface area contributed by atoms with Crippen molar-refractivity contribution in [1.82, 2.24) is 30.1 Å². The zero-order valence-electron chi connectivity index (χ0n) is 18.0. The molecule has 166 valence electrons. The first-order chi connectivity index (χ1) is 15.2. The molecule has 0 atom stereocenters. The van der Waals surface area contributed by atoms with Crippen LogP contribution in [-0.4, -0.2) is 55.0 Å². The van der Waals surface area contributed by atoms with E-state index in [0.29, 0.717) is 37.8 Å². The minimum atomic E-state index is -0.133. The van der Waals surface area contributed by atoms with Gasteiger partial charge in [0, 0.05) is 29.6 Å². The van der Waals surface area contributed by atoms with E-state index in [9.17, 15) is 9.90 Å². The Hall–Kier alpha value is -2.78. The standard InChI is InChI=1S/C22H30N6O3/c1-2-31-19-8-9-20-16(13-19)12-17(22(30)23-20)14-27(10-11-29)15-21-24-25-26-28(21)18-6-4-3-5-7-18/h8-9,12-13,18,29H,2-7,10-11,14-15H2,1H3,(H,23,30). The topological polar surface area (TPSA) is 109 Å². The van der Waals surface area contributed by atoms with Crippen molar-refractivity contribution in [3.05, 3.63) is 46.0 Å². The molecule has 2 heterocycles. The fraction of sp³-hybridized carbons (Fsp3) is 0.545. The summed E-state index contributed by atoms with van der Waals surface area (Å²) in [5.41, 5.74) is 1.27. The zero-order chi connectivity index (χ0) is 21.6. The largest absolute Gasteiger partial charge is 0.494 e. The van der Waals surface area contributed by atoms with Crippen LogP contribution < -0.4 is 10.3 Å². The second kappa shape index (κ2) is 10.0. The Balaban J connectivity index is 1.56. The molecule has 9 heteroatoms. The number of aliphatic hydroxyl groups is 1. The third-order valence-corrected chi connectivity index (χ3v) is 5.86. The summed E-state index contributed by atoms with van der Waals surface area (Å²) < 4.78 is 7.52. The molecule has 0 saturated heterocycles. The molecule has 1 saturated carbocycles. The summed E-state index contributed by atoms with van der Waals surface area (Å²) in [5, 5.41) is 22.9. The molecule has 0 unspecified atom stereocenters. The molecule has 1 fully saturated rings. The first-order valence-corrected chi connectivity index (χ1v) is 11.1. The van der Waals surface area contributed by atoms with Gasteiger partial charge >= 0.3 is 0 Å². The Morgan fingerprint density at radius 1 is 1.23 bits per heavy atom. The van der Waals surface area contributed by atoms with Crippen LogP contribution in [0.2, 0.25) is 0 Å². The van der Waals surface area contributed by atoms with Crippen molar-refractivity contribution < 1.29 is 9.84 Å². The fourth-order valence-electron chi connectivity index (χ4n) is 4.33. The lowest BCUT2D eigenvalue weighted by molar-refractivity contribution is 0.175. The monoisotopic (exact) mass is 426 g/mol. The van der Waals surface area contributed by atoms with Gasteiger partial charge in [-0.05, 0) is 54.5 Å². The van der Waals surface area contributed by atoms with E-state index in [2.05, 4.69) is 20.5 Å². The van der Waals surface area contributed by atoms with Crippen LogP contribution in [-0.2, 0) is 13.1 Å². The number of H-pyrrole nitrogens is 1. The molecule has 4 rings (SSSR count). The molecule has 3 aromatic rings. The smallest absolute Gasteiger partial charge is 0.252 e. The Morgan fingerprint density at radius 2 is 2.06 bits per heavy atom. The Labute approximate surface area is 181 Å². The van der Waals surface area contributed by atoms with Gasteiger partial charge in [-0.25, -0.2) is 4.68 Å². The number of aliphatic hydroxyl groups excluding tert-OH is 1. The van der Waals surface area contributed by atoms with Crippen molar-refractivity contribution in [2.45, 2.75) is 58.2 Å². The number of rotatable bonds is 9. The number of nitrogens with one attached hydrogen (secondary N) is 1. The van der Waals surface area contributed by atoms with Gasteiger partial charge in [0.15, 0.2) is 5.82 Å². The van der Waals surface area contributed by atoms with Gasteiger partial charge in [-0.2, -0.15) is 0 Å². The average Bonchev–Trinajstić information content (AvgIpc) is 3.23. The molecule has 2 aromatic heterocycles. The number of aromatic amines is 1. The maximum atomic E-state index is 12.7. The van der Waals surface area contributed by atoms with Crippen LogP contribution in [0.25, 0.3) is 10.9 Å². The van der Waals surface area contributed by atoms with Crippen molar-refractivity contribution in [3.8, 4) is 5.75 Å². The zero-order valence-corrected chi connectivity index (χ0v) is 18.0. The predicted octanol–water partition coefficient (Wildman–Crippen LogP) is 2.41. The van der Waals surface area contributed by atoms with E-state index in [0.717, 1.165) is 35.3 Å². The second-order valence-electron chi connectivity index (χ2n) is 8.07. The van der Waals surface area contributed by atoms with Crippen LogP contribution in [0.4, 0.5) is 0 Å². The Morgan fingerprint density at radius 3 is 2.84 bits per heavy atom. The molecular formula is C22H30N6O3. The van der Waals surface area contributed by atoms with Crippen molar-refractivity contribution in [1.29, 1.82) is 0 Å². The highest BCUT2D eigenvalue weighted by Gasteiger charge is 2.22. The van der Waals surface area contributed by atoms with Crippen LogP contribution in [0, 0.1) is 0 Å². The minimum absolute atomic E-state index is 0.00896. The van der Waals surface area contributed by atoms with Crippen molar-refractivity contribution in [3.63, 3.8) is 0 Å². The summed E-state index contributed by atoms with van der Waals surface area (Å²) in [6.45, 7) is 3.81. The maximum absolute atomic E-state index is 12.7. The fourth-order valence-corrected chi connectivity index (χ4v) is 4.33. The van der Waals surface area contributed by atoms with E-state index in [-0.39, 0.29) is 12.2 Å². The molecule has 1 aliphatic carbocycles. The number of pyridine rings is 1. The molecule has 0 amide bonds. The van der Waals surface area contributed by atoms with Gasteiger partial charge in [0.2, 0.25) is 0 Å². The Kier molecular flexibility index (Phi) is 6.93. The van der Waals surface area contributed by atoms with E-state index in [1.165, 1.54) is 19.3 Å². The number of nitrogens with zero attached hydrogens (tertiary/aromatic N) is 5. The average molecular weight is 427 g/mol. The molecule has 0 radical (unpaired) electrons. The van der Waals surface area contributed by atoms with Gasteiger partial charge in [0.1, 0.15) is 5.75 Å². The summed E-state index contributed by atoms with van der Waals surface area (Å²) in [6.07, 6.45) is 5.83. The summed E-state index contributed by atoms with van der Waals surface area (Å²) in [7, 11) is 0. The maximum Gasteiger partial charge on any atom is 0.252 e. The van der Waals surface area contributed by atoms with Gasteiger partial charge in [0.25, 0.3) is 5.56 Å². The highest BCUT2D eigenvalue weighted by molar-refractivity contribution is 5.80. The molecule has 1 aromatic carbocycles. The molecule has 0 bridgehead atoms. The van der Waals surface area contributed by atoms with Gasteiger partial charge < -0.3 is 14.8 Å². The summed E-state index contributed by atoms with van der Waals surface area (Å²) in [5.74, 6) is 1.54. The summed E-state index contributed by atoms with van der Waals surface area (Å²) in [6, 6.07) is 7.86. The lowest BCUT2D eigenvalue weighted by Gasteiger charge is -2.25. The lowest BCUT2D eigenvalue weighted by atomic mass is 9.95. The van der Waals surface area contributed by atoms with Crippen LogP contribution in [0.5, 0.6) is 5.75 Å². The van der Waals surface area contributed by atoms with Crippen molar-refractivity contribution in [2.24, 2.45) is 0 Å². The molecule has 31 heavy (non-hydrogen) atoms. The Bertz CT molecular complexity index is 1060. The molecule has 0 spiro atoms. The van der Waals surface area contributed by atoms with Crippen molar-refractivity contribution >= 4 is 10.9 Å². The minimum Gasteiger partial charge on any atom is -0.494 e. The SMILES string of the molecule is CCOc1ccc2[nH]c(=O)c(CN(CCO)Cc3nnnn3C3CCCCC3)cc2c1. The number of benzene rings is 1. The molecule has 0 aliphatic heterocycles. The molecule has 9 nitrogen and oxygen atoms in total. The lowest BCUT2D eigenvalue weighted by Crippen LogP contribution is -2.31. The molecule has 2 N–H and O–H groups in total. The first-order valence-electron chi connectivity index (χ1n) is 11.1. The number of aromatic nitrogens is 5. The van der Waals surface area contributed by atoms with E-state index in [4.69, 9.17) is 4.74 Å². The second-order valence-corrected chi connectivity index (χ2v) is 8.07. The normalized spacial score (nSPS) is 15.1. The quantitative estimate of drug-likeness (QED) is 0.541. The van der Waals surface area contributed by atoms with E-state index in [1.807, 2.05) is 40.8 Å². The highest BCUT2D eigenvalue weighted by atomic mass is 16.5. The predicted molar refractivity (Wildman–Crippen MR) is 117 cm³/mol. The molecule has 1 aliphatic rings. The van der Waals surface area contributed by atoms with Gasteiger partial charge in [-0.15, -0.1) is 5.10 Å². The van der Waals surface area contributed by atoms with E-state index >= 15 is 0 Å². The third-order valence-electron chi connectivity index (χ3n) is 5.86. The first kappa shape index (κ1) is 21.5. The third kappa shape index (κ3) is 5.11. The highest BCUT2D eigenvalue weighted by Crippen LogP contribution is 2.28. The van der Waals surface area contributed by atoms with Crippen molar-refractivity contribution in [2.75, 3.05) is 19.8 Å². The molecular weight excluding hydrogens is 396 g/mol. The number of fused-ring (bicyclic) bond motifs is 1. The van der Waals surface area contributed by atoms with Crippen LogP contribution in [0.3, 0.4) is 0 Å². The number of hydrogen-bond acceptors (Lipinski definition) is 7. The van der Waals surface area contributed by atoms with E-state index < -0.39 is 0 Å². The number of ether oxygens (including phenoxy) is 1. The number of tetrazole rings is 1. The summed E-state index contributed by atoms with van der Waals surface area (Å²) in [4.78, 5) is 17.6. The number of hydrogen-bond donors (Lipinski definition) is 2. The van der Waals surface area contributed by atoms with Crippen LogP contribution >= 0.6 is 0 Å².